The van der Waals surface area contributed by atoms with Crippen LogP contribution in [0.3, 0.4) is 0 Å². The summed E-state index contributed by atoms with van der Waals surface area (Å²) >= 11 is 1.96. The summed E-state index contributed by atoms with van der Waals surface area (Å²) in [6.45, 7) is 5.79. The molecular weight excluding hydrogens is 310 g/mol. The van der Waals surface area contributed by atoms with Crippen LogP contribution in [0.4, 0.5) is 0 Å². The molecule has 6 heteroatoms. The van der Waals surface area contributed by atoms with Gasteiger partial charge in [0.05, 0.1) is 5.92 Å². The lowest BCUT2D eigenvalue weighted by atomic mass is 10.1. The van der Waals surface area contributed by atoms with E-state index in [0.717, 1.165) is 44.0 Å². The number of hydrogen-bond acceptors (Lipinski definition) is 4. The minimum Gasteiger partial charge on any atom is -0.353 e. The molecule has 0 saturated carbocycles. The van der Waals surface area contributed by atoms with Crippen LogP contribution in [0.2, 0.25) is 0 Å². The average Bonchev–Trinajstić information content (AvgIpc) is 3.15. The molecule has 2 amide bonds. The van der Waals surface area contributed by atoms with Gasteiger partial charge in [-0.05, 0) is 50.3 Å². The molecule has 2 atom stereocenters. The maximum Gasteiger partial charge on any atom is 0.225 e. The van der Waals surface area contributed by atoms with Gasteiger partial charge < -0.3 is 10.2 Å². The fourth-order valence-corrected chi connectivity index (χ4v) is 5.16. The first-order chi connectivity index (χ1) is 11.2. The highest BCUT2D eigenvalue weighted by molar-refractivity contribution is 7.99. The Morgan fingerprint density at radius 1 is 1.30 bits per heavy atom. The fourth-order valence-electron chi connectivity index (χ4n) is 4.06. The van der Waals surface area contributed by atoms with Gasteiger partial charge in [0.15, 0.2) is 0 Å². The predicted octanol–water partition coefficient (Wildman–Crippen LogP) is 1.33. The zero-order chi connectivity index (χ0) is 16.2. The van der Waals surface area contributed by atoms with E-state index in [1.165, 1.54) is 12.8 Å². The Labute approximate surface area is 143 Å². The van der Waals surface area contributed by atoms with Gasteiger partial charge in [0.1, 0.15) is 0 Å². The van der Waals surface area contributed by atoms with Crippen LogP contribution in [-0.4, -0.2) is 71.4 Å². The normalized spacial score (nSPS) is 30.1. The van der Waals surface area contributed by atoms with E-state index in [4.69, 9.17) is 0 Å². The molecule has 0 aromatic carbocycles. The van der Waals surface area contributed by atoms with Gasteiger partial charge in [0.25, 0.3) is 0 Å². The van der Waals surface area contributed by atoms with Crippen molar-refractivity contribution in [3.63, 3.8) is 0 Å². The Kier molecular flexibility index (Phi) is 5.85. The molecule has 0 radical (unpaired) electrons. The Hall–Kier alpha value is -0.750. The Bertz CT molecular complexity index is 440. The van der Waals surface area contributed by atoms with Crippen molar-refractivity contribution in [1.29, 1.82) is 0 Å². The molecular formula is C17H29N3O2S. The number of nitrogens with one attached hydrogen (secondary N) is 1. The molecule has 0 unspecified atom stereocenters. The first kappa shape index (κ1) is 17.1. The summed E-state index contributed by atoms with van der Waals surface area (Å²) in [6.07, 6.45) is 4.92. The number of hydrogen-bond donors (Lipinski definition) is 1. The topological polar surface area (TPSA) is 52.6 Å². The standard InChI is InChI=1S/C17H29N3O2S/c1-2-19-7-3-4-15(19)12-20-11-13(10-16(20)21)17(22)18-14-5-8-23-9-6-14/h13-15H,2-12H2,1H3,(H,18,22)/t13-,15+/m1/s1. The second-order valence-corrected chi connectivity index (χ2v) is 8.24. The Morgan fingerprint density at radius 3 is 2.83 bits per heavy atom. The van der Waals surface area contributed by atoms with Crippen molar-refractivity contribution in [2.24, 2.45) is 5.92 Å². The predicted molar refractivity (Wildman–Crippen MR) is 93.4 cm³/mol. The SMILES string of the molecule is CCN1CCC[C@H]1CN1C[C@H](C(=O)NC2CCSCC2)CC1=O. The zero-order valence-corrected chi connectivity index (χ0v) is 14.9. The second-order valence-electron chi connectivity index (χ2n) is 7.02. The second kappa shape index (κ2) is 7.88. The minimum atomic E-state index is -0.145. The molecule has 0 aromatic heterocycles. The summed E-state index contributed by atoms with van der Waals surface area (Å²) in [5.41, 5.74) is 0. The molecule has 3 fully saturated rings. The van der Waals surface area contributed by atoms with Gasteiger partial charge in [0.2, 0.25) is 11.8 Å². The third-order valence-corrected chi connectivity index (χ3v) is 6.54. The van der Waals surface area contributed by atoms with Crippen LogP contribution in [0, 0.1) is 5.92 Å². The molecule has 23 heavy (non-hydrogen) atoms. The van der Waals surface area contributed by atoms with Crippen molar-refractivity contribution in [3.8, 4) is 0 Å². The lowest BCUT2D eigenvalue weighted by Gasteiger charge is -2.28. The molecule has 3 saturated heterocycles. The lowest BCUT2D eigenvalue weighted by Crippen LogP contribution is -2.43. The highest BCUT2D eigenvalue weighted by Crippen LogP contribution is 2.24. The van der Waals surface area contributed by atoms with Crippen LogP contribution >= 0.6 is 11.8 Å². The number of rotatable bonds is 5. The molecule has 3 heterocycles. The van der Waals surface area contributed by atoms with Crippen LogP contribution in [0.15, 0.2) is 0 Å². The van der Waals surface area contributed by atoms with E-state index in [0.29, 0.717) is 25.0 Å². The van der Waals surface area contributed by atoms with Crippen LogP contribution in [0.5, 0.6) is 0 Å². The average molecular weight is 340 g/mol. The molecule has 1 N–H and O–H groups in total. The third-order valence-electron chi connectivity index (χ3n) is 5.49. The molecule has 0 bridgehead atoms. The van der Waals surface area contributed by atoms with Crippen molar-refractivity contribution >= 4 is 23.6 Å². The first-order valence-electron chi connectivity index (χ1n) is 9.07. The van der Waals surface area contributed by atoms with E-state index in [1.807, 2.05) is 16.7 Å². The molecule has 3 aliphatic rings. The summed E-state index contributed by atoms with van der Waals surface area (Å²) in [4.78, 5) is 29.1. The molecule has 0 aliphatic carbocycles. The van der Waals surface area contributed by atoms with E-state index in [2.05, 4.69) is 17.1 Å². The maximum atomic E-state index is 12.5. The fraction of sp³-hybridized carbons (Fsp3) is 0.882. The number of amides is 2. The highest BCUT2D eigenvalue weighted by Gasteiger charge is 2.37. The molecule has 3 rings (SSSR count). The number of likely N-dealkylation sites (tertiary alicyclic amines) is 2. The summed E-state index contributed by atoms with van der Waals surface area (Å²) in [5, 5.41) is 3.17. The molecule has 0 aromatic rings. The van der Waals surface area contributed by atoms with Gasteiger partial charge in [-0.15, -0.1) is 0 Å². The van der Waals surface area contributed by atoms with Crippen LogP contribution < -0.4 is 5.32 Å². The van der Waals surface area contributed by atoms with Gasteiger partial charge in [-0.25, -0.2) is 0 Å². The van der Waals surface area contributed by atoms with Crippen LogP contribution in [0.25, 0.3) is 0 Å². The molecule has 0 spiro atoms. The number of nitrogens with zero attached hydrogens (tertiary/aromatic N) is 2. The van der Waals surface area contributed by atoms with Crippen LogP contribution in [0.1, 0.15) is 39.0 Å². The van der Waals surface area contributed by atoms with E-state index in [1.54, 1.807) is 0 Å². The van der Waals surface area contributed by atoms with Crippen molar-refractivity contribution in [2.45, 2.75) is 51.1 Å². The quantitative estimate of drug-likeness (QED) is 0.821. The summed E-state index contributed by atoms with van der Waals surface area (Å²) in [6, 6.07) is 0.805. The van der Waals surface area contributed by atoms with E-state index in [9.17, 15) is 9.59 Å². The maximum absolute atomic E-state index is 12.5. The highest BCUT2D eigenvalue weighted by atomic mass is 32.2. The van der Waals surface area contributed by atoms with Gasteiger partial charge >= 0.3 is 0 Å². The van der Waals surface area contributed by atoms with Crippen molar-refractivity contribution < 1.29 is 9.59 Å². The van der Waals surface area contributed by atoms with E-state index in [-0.39, 0.29) is 17.7 Å². The van der Waals surface area contributed by atoms with Crippen LogP contribution in [-0.2, 0) is 9.59 Å². The number of likely N-dealkylation sites (N-methyl/N-ethyl adjacent to an activating group) is 1. The lowest BCUT2D eigenvalue weighted by molar-refractivity contribution is -0.129. The summed E-state index contributed by atoms with van der Waals surface area (Å²) < 4.78 is 0. The van der Waals surface area contributed by atoms with Crippen molar-refractivity contribution in [2.75, 3.05) is 37.7 Å². The van der Waals surface area contributed by atoms with Crippen molar-refractivity contribution in [3.05, 3.63) is 0 Å². The van der Waals surface area contributed by atoms with E-state index < -0.39 is 0 Å². The molecule has 5 nitrogen and oxygen atoms in total. The molecule has 3 aliphatic heterocycles. The first-order valence-corrected chi connectivity index (χ1v) is 10.2. The van der Waals surface area contributed by atoms with Gasteiger partial charge in [-0.1, -0.05) is 6.92 Å². The monoisotopic (exact) mass is 339 g/mol. The third kappa shape index (κ3) is 4.21. The Balaban J connectivity index is 1.49. The van der Waals surface area contributed by atoms with E-state index >= 15 is 0 Å². The minimum absolute atomic E-state index is 0.0940. The molecule has 130 valence electrons. The van der Waals surface area contributed by atoms with Gasteiger partial charge in [-0.2, -0.15) is 11.8 Å². The largest absolute Gasteiger partial charge is 0.353 e. The zero-order valence-electron chi connectivity index (χ0n) is 14.1. The number of carbonyl (C=O) groups is 2. The van der Waals surface area contributed by atoms with Gasteiger partial charge in [-0.3, -0.25) is 14.5 Å². The smallest absolute Gasteiger partial charge is 0.225 e. The van der Waals surface area contributed by atoms with Crippen molar-refractivity contribution in [1.82, 2.24) is 15.1 Å². The number of thioether (sulfide) groups is 1. The number of carbonyl (C=O) groups excluding carboxylic acids is 2. The summed E-state index contributed by atoms with van der Waals surface area (Å²) in [5.74, 6) is 2.38. The Morgan fingerprint density at radius 2 is 2.09 bits per heavy atom. The van der Waals surface area contributed by atoms with Gasteiger partial charge in [0, 0.05) is 31.6 Å². The summed E-state index contributed by atoms with van der Waals surface area (Å²) in [7, 11) is 0.